The average molecular weight is 418 g/mol. The molecule has 1 atom stereocenters. The second kappa shape index (κ2) is 10.9. The monoisotopic (exact) mass is 418 g/mol. The standard InChI is InChI=1S/C19H29F3N4O3/c1-5-23-17(25-11-16(28)26-18(2,3)4)24-10-14(27)12-29-15-8-6-7-13(9-15)19(20,21)22/h6-9,14,27H,5,10-12H2,1-4H3,(H,26,28)(H2,23,24,25). The Labute approximate surface area is 168 Å². The first kappa shape index (κ1) is 24.5. The minimum Gasteiger partial charge on any atom is -0.491 e. The summed E-state index contributed by atoms with van der Waals surface area (Å²) in [5.41, 5.74) is -1.19. The lowest BCUT2D eigenvalue weighted by molar-refractivity contribution is -0.137. The van der Waals surface area contributed by atoms with Crippen LogP contribution in [0, 0.1) is 0 Å². The molecular weight excluding hydrogens is 389 g/mol. The van der Waals surface area contributed by atoms with Crippen LogP contribution in [0.15, 0.2) is 29.3 Å². The molecule has 0 aliphatic carbocycles. The normalized spacial score (nSPS) is 13.6. The van der Waals surface area contributed by atoms with Crippen LogP contribution in [0.3, 0.4) is 0 Å². The summed E-state index contributed by atoms with van der Waals surface area (Å²) in [7, 11) is 0. The number of carbonyl (C=O) groups excluding carboxylic acids is 1. The van der Waals surface area contributed by atoms with Gasteiger partial charge < -0.3 is 25.8 Å². The van der Waals surface area contributed by atoms with Crippen molar-refractivity contribution in [3.8, 4) is 5.75 Å². The Kier molecular flexibility index (Phi) is 9.22. The largest absolute Gasteiger partial charge is 0.491 e. The molecule has 1 unspecified atom stereocenters. The summed E-state index contributed by atoms with van der Waals surface area (Å²) in [5.74, 6) is 0.0936. The van der Waals surface area contributed by atoms with Crippen molar-refractivity contribution >= 4 is 11.9 Å². The zero-order valence-electron chi connectivity index (χ0n) is 17.1. The number of halogens is 3. The fourth-order valence-corrected chi connectivity index (χ4v) is 2.18. The van der Waals surface area contributed by atoms with Gasteiger partial charge in [0, 0.05) is 18.6 Å². The molecule has 0 aromatic heterocycles. The number of nitrogens with zero attached hydrogens (tertiary/aromatic N) is 1. The maximum absolute atomic E-state index is 12.7. The lowest BCUT2D eigenvalue weighted by Gasteiger charge is -2.20. The van der Waals surface area contributed by atoms with Gasteiger partial charge in [-0.15, -0.1) is 0 Å². The van der Waals surface area contributed by atoms with E-state index in [1.165, 1.54) is 12.1 Å². The molecule has 1 aromatic carbocycles. The van der Waals surface area contributed by atoms with Crippen LogP contribution in [-0.2, 0) is 11.0 Å². The van der Waals surface area contributed by atoms with E-state index in [9.17, 15) is 23.1 Å². The van der Waals surface area contributed by atoms with E-state index in [1.807, 2.05) is 27.7 Å². The third-order valence-electron chi connectivity index (χ3n) is 3.35. The smallest absolute Gasteiger partial charge is 0.416 e. The van der Waals surface area contributed by atoms with E-state index in [-0.39, 0.29) is 36.9 Å². The molecule has 1 amide bonds. The zero-order chi connectivity index (χ0) is 22.1. The van der Waals surface area contributed by atoms with Crippen molar-refractivity contribution in [3.63, 3.8) is 0 Å². The molecule has 1 aromatic rings. The molecule has 164 valence electrons. The summed E-state index contributed by atoms with van der Waals surface area (Å²) >= 11 is 0. The minimum atomic E-state index is -4.46. The fraction of sp³-hybridized carbons (Fsp3) is 0.579. The quantitative estimate of drug-likeness (QED) is 0.382. The third kappa shape index (κ3) is 10.6. The summed E-state index contributed by atoms with van der Waals surface area (Å²) in [6.07, 6.45) is -5.47. The predicted molar refractivity (Wildman–Crippen MR) is 105 cm³/mol. The van der Waals surface area contributed by atoms with E-state index in [0.29, 0.717) is 12.5 Å². The first-order chi connectivity index (χ1) is 13.4. The van der Waals surface area contributed by atoms with Gasteiger partial charge in [0.05, 0.1) is 5.56 Å². The van der Waals surface area contributed by atoms with E-state index in [1.54, 1.807) is 0 Å². The highest BCUT2D eigenvalue weighted by Gasteiger charge is 2.30. The van der Waals surface area contributed by atoms with Gasteiger partial charge in [-0.05, 0) is 45.9 Å². The molecule has 7 nitrogen and oxygen atoms in total. The van der Waals surface area contributed by atoms with Crippen molar-refractivity contribution in [1.29, 1.82) is 0 Å². The topological polar surface area (TPSA) is 95.0 Å². The molecule has 10 heteroatoms. The molecule has 0 bridgehead atoms. The van der Waals surface area contributed by atoms with E-state index >= 15 is 0 Å². The van der Waals surface area contributed by atoms with Crippen molar-refractivity contribution < 1.29 is 27.8 Å². The first-order valence-corrected chi connectivity index (χ1v) is 9.22. The number of rotatable bonds is 8. The lowest BCUT2D eigenvalue weighted by Crippen LogP contribution is -2.44. The van der Waals surface area contributed by atoms with Crippen molar-refractivity contribution in [2.24, 2.45) is 4.99 Å². The van der Waals surface area contributed by atoms with Crippen molar-refractivity contribution in [1.82, 2.24) is 16.0 Å². The van der Waals surface area contributed by atoms with Gasteiger partial charge in [0.1, 0.15) is 25.0 Å². The summed E-state index contributed by atoms with van der Waals surface area (Å²) in [4.78, 5) is 16.0. The Balaban J connectivity index is 2.52. The second-order valence-electron chi connectivity index (χ2n) is 7.36. The molecule has 0 fully saturated rings. The van der Waals surface area contributed by atoms with Crippen LogP contribution in [0.1, 0.15) is 33.3 Å². The van der Waals surface area contributed by atoms with Gasteiger partial charge >= 0.3 is 6.18 Å². The molecule has 4 N–H and O–H groups in total. The van der Waals surface area contributed by atoms with E-state index < -0.39 is 17.8 Å². The summed E-state index contributed by atoms with van der Waals surface area (Å²) in [6, 6.07) is 4.44. The number of aliphatic imine (C=N–C) groups is 1. The summed E-state index contributed by atoms with van der Waals surface area (Å²) < 4.78 is 43.4. The Morgan fingerprint density at radius 3 is 2.52 bits per heavy atom. The van der Waals surface area contributed by atoms with E-state index in [4.69, 9.17) is 4.74 Å². The van der Waals surface area contributed by atoms with Crippen LogP contribution in [-0.4, -0.2) is 54.9 Å². The van der Waals surface area contributed by atoms with Gasteiger partial charge in [-0.3, -0.25) is 4.79 Å². The number of hydrogen-bond acceptors (Lipinski definition) is 4. The number of ether oxygens (including phenoxy) is 1. The van der Waals surface area contributed by atoms with Gasteiger partial charge in [0.15, 0.2) is 5.96 Å². The van der Waals surface area contributed by atoms with Crippen LogP contribution in [0.2, 0.25) is 0 Å². The highest BCUT2D eigenvalue weighted by atomic mass is 19.4. The third-order valence-corrected chi connectivity index (χ3v) is 3.35. The number of hydrogen-bond donors (Lipinski definition) is 4. The van der Waals surface area contributed by atoms with Crippen LogP contribution in [0.4, 0.5) is 13.2 Å². The van der Waals surface area contributed by atoms with Crippen molar-refractivity contribution in [3.05, 3.63) is 29.8 Å². The molecule has 0 saturated carbocycles. The second-order valence-corrected chi connectivity index (χ2v) is 7.36. The number of guanidine groups is 1. The molecule has 0 aliphatic rings. The fourth-order valence-electron chi connectivity index (χ4n) is 2.18. The van der Waals surface area contributed by atoms with Gasteiger partial charge in [-0.1, -0.05) is 6.07 Å². The Hall–Kier alpha value is -2.49. The number of amides is 1. The SMILES string of the molecule is CCNC(=NCC(=O)NC(C)(C)C)NCC(O)COc1cccc(C(F)(F)F)c1. The minimum absolute atomic E-state index is 0.0123. The van der Waals surface area contributed by atoms with Crippen LogP contribution < -0.4 is 20.7 Å². The highest BCUT2D eigenvalue weighted by molar-refractivity contribution is 5.85. The molecule has 0 radical (unpaired) electrons. The predicted octanol–water partition coefficient (Wildman–Crippen LogP) is 1.91. The van der Waals surface area contributed by atoms with Crippen LogP contribution in [0.5, 0.6) is 5.75 Å². The molecule has 0 spiro atoms. The van der Waals surface area contributed by atoms with Gasteiger partial charge in [-0.25, -0.2) is 4.99 Å². The lowest BCUT2D eigenvalue weighted by atomic mass is 10.1. The first-order valence-electron chi connectivity index (χ1n) is 9.22. The molecule has 0 saturated heterocycles. The number of alkyl halides is 3. The number of carbonyl (C=O) groups is 1. The highest BCUT2D eigenvalue weighted by Crippen LogP contribution is 2.31. The average Bonchev–Trinajstić information content (AvgIpc) is 2.60. The van der Waals surface area contributed by atoms with E-state index in [2.05, 4.69) is 20.9 Å². The molecule has 1 rings (SSSR count). The van der Waals surface area contributed by atoms with Gasteiger partial charge in [0.25, 0.3) is 0 Å². The van der Waals surface area contributed by atoms with Crippen molar-refractivity contribution in [2.45, 2.75) is 45.5 Å². The Morgan fingerprint density at radius 1 is 1.24 bits per heavy atom. The van der Waals surface area contributed by atoms with Crippen molar-refractivity contribution in [2.75, 3.05) is 26.2 Å². The number of aliphatic hydroxyl groups excluding tert-OH is 1. The summed E-state index contributed by atoms with van der Waals surface area (Å²) in [5, 5.41) is 18.6. The molecule has 0 aliphatic heterocycles. The van der Waals surface area contributed by atoms with E-state index in [0.717, 1.165) is 12.1 Å². The Bertz CT molecular complexity index is 688. The molecular formula is C19H29F3N4O3. The zero-order valence-corrected chi connectivity index (χ0v) is 17.1. The van der Waals surface area contributed by atoms with Gasteiger partial charge in [0.2, 0.25) is 5.91 Å². The summed E-state index contributed by atoms with van der Waals surface area (Å²) in [6.45, 7) is 7.70. The number of nitrogens with one attached hydrogen (secondary N) is 3. The number of aliphatic hydroxyl groups is 1. The molecule has 29 heavy (non-hydrogen) atoms. The molecule has 0 heterocycles. The maximum Gasteiger partial charge on any atom is 0.416 e. The van der Waals surface area contributed by atoms with Gasteiger partial charge in [-0.2, -0.15) is 13.2 Å². The van der Waals surface area contributed by atoms with Crippen LogP contribution in [0.25, 0.3) is 0 Å². The van der Waals surface area contributed by atoms with Crippen LogP contribution >= 0.6 is 0 Å². The number of benzene rings is 1. The Morgan fingerprint density at radius 2 is 1.93 bits per heavy atom. The maximum atomic E-state index is 12.7.